The fourth-order valence-electron chi connectivity index (χ4n) is 5.63. The van der Waals surface area contributed by atoms with E-state index in [0.717, 1.165) is 42.7 Å². The van der Waals surface area contributed by atoms with E-state index in [1.165, 1.54) is 35.1 Å². The molecule has 0 bridgehead atoms. The maximum absolute atomic E-state index is 13.6. The molecular weight excluding hydrogens is 588 g/mol. The number of aromatic nitrogens is 2. The van der Waals surface area contributed by atoms with Crippen molar-refractivity contribution in [1.29, 1.82) is 0 Å². The number of pyridine rings is 1. The summed E-state index contributed by atoms with van der Waals surface area (Å²) in [5.74, 6) is -1.77. The Balaban J connectivity index is 1.37. The first-order chi connectivity index (χ1) is 21.4. The van der Waals surface area contributed by atoms with Gasteiger partial charge in [0, 0.05) is 29.9 Å². The number of allylic oxidation sites excluding steroid dienone is 1. The van der Waals surface area contributed by atoms with Gasteiger partial charge in [0.15, 0.2) is 28.4 Å². The van der Waals surface area contributed by atoms with Gasteiger partial charge in [-0.05, 0) is 31.7 Å². The van der Waals surface area contributed by atoms with Crippen LogP contribution in [-0.2, 0) is 41.5 Å². The van der Waals surface area contributed by atoms with Gasteiger partial charge in [-0.25, -0.2) is 14.6 Å². The number of ether oxygens (including phenoxy) is 2. The zero-order valence-corrected chi connectivity index (χ0v) is 25.1. The minimum atomic E-state index is -0.909. The summed E-state index contributed by atoms with van der Waals surface area (Å²) in [6.45, 7) is 7.12. The van der Waals surface area contributed by atoms with Crippen LogP contribution in [0.4, 0.5) is 9.93 Å². The lowest BCUT2D eigenvalue weighted by Crippen LogP contribution is -2.72. The van der Waals surface area contributed by atoms with E-state index in [1.807, 2.05) is 16.8 Å². The Morgan fingerprint density at radius 1 is 1.18 bits per heavy atom. The summed E-state index contributed by atoms with van der Waals surface area (Å²) >= 11 is 1.05. The Kier molecular flexibility index (Phi) is 9.48. The van der Waals surface area contributed by atoms with E-state index >= 15 is 0 Å². The van der Waals surface area contributed by atoms with Gasteiger partial charge in [-0.3, -0.25) is 19.8 Å². The third-order valence-electron chi connectivity index (χ3n) is 7.50. The lowest BCUT2D eigenvalue weighted by atomic mass is 9.84. The Bertz CT molecular complexity index is 1560. The van der Waals surface area contributed by atoms with Crippen LogP contribution in [0.2, 0.25) is 0 Å². The quantitative estimate of drug-likeness (QED) is 0.0970. The number of amides is 3. The standard InChI is InChI=1S/C30H32N6O7S/c1-4-15-42-28(39)25-22(35-14-8-10-18-9-6-7-11-20(18)35)13-12-21-24(27(38)36(21)25)32-26(37)23(34-41-3)19-17-44-29(31-19)33-30(40)43-16-5-2/h4-5,8,10,14,17,21,24H,1-2,6-7,9,11-13,15-16H2,3H3,(H-,31,32,33,37,40)/p+1/b34-23-/t21?,24-/m1/s1. The van der Waals surface area contributed by atoms with E-state index in [2.05, 4.69) is 40.0 Å². The zero-order chi connectivity index (χ0) is 31.2. The van der Waals surface area contributed by atoms with Crippen LogP contribution in [-0.4, -0.2) is 71.9 Å². The molecule has 0 radical (unpaired) electrons. The monoisotopic (exact) mass is 621 g/mol. The average Bonchev–Trinajstić information content (AvgIpc) is 3.50. The van der Waals surface area contributed by atoms with Crippen LogP contribution in [0.3, 0.4) is 0 Å². The largest absolute Gasteiger partial charge is 0.457 e. The Labute approximate surface area is 257 Å². The number of carbonyl (C=O) groups is 4. The molecule has 3 amide bonds. The summed E-state index contributed by atoms with van der Waals surface area (Å²) in [5, 5.41) is 10.7. The lowest BCUT2D eigenvalue weighted by molar-refractivity contribution is -0.594. The van der Waals surface area contributed by atoms with Crippen molar-refractivity contribution in [3.63, 3.8) is 0 Å². The van der Waals surface area contributed by atoms with Crippen molar-refractivity contribution in [2.75, 3.05) is 25.6 Å². The Hall–Kier alpha value is -4.85. The lowest BCUT2D eigenvalue weighted by Gasteiger charge is -2.49. The second-order valence-electron chi connectivity index (χ2n) is 10.2. The molecule has 5 rings (SSSR count). The van der Waals surface area contributed by atoms with Crippen LogP contribution >= 0.6 is 11.3 Å². The van der Waals surface area contributed by atoms with E-state index < -0.39 is 36.0 Å². The van der Waals surface area contributed by atoms with Crippen LogP contribution in [0.15, 0.2) is 59.9 Å². The van der Waals surface area contributed by atoms with Crippen molar-refractivity contribution < 1.29 is 38.1 Å². The summed E-state index contributed by atoms with van der Waals surface area (Å²) in [6, 6.07) is 2.67. The van der Waals surface area contributed by atoms with Crippen molar-refractivity contribution in [2.24, 2.45) is 5.16 Å². The van der Waals surface area contributed by atoms with Crippen molar-refractivity contribution in [3.05, 3.63) is 71.7 Å². The van der Waals surface area contributed by atoms with E-state index in [9.17, 15) is 19.2 Å². The predicted octanol–water partition coefficient (Wildman–Crippen LogP) is 2.48. The van der Waals surface area contributed by atoms with Gasteiger partial charge in [0.05, 0.1) is 6.04 Å². The van der Waals surface area contributed by atoms with Crippen LogP contribution in [0.25, 0.3) is 5.70 Å². The summed E-state index contributed by atoms with van der Waals surface area (Å²) < 4.78 is 12.3. The number of hydrogen-bond donors (Lipinski definition) is 2. The normalized spacial score (nSPS) is 19.2. The number of rotatable bonds is 11. The van der Waals surface area contributed by atoms with E-state index in [0.29, 0.717) is 18.5 Å². The molecule has 3 aliphatic rings. The van der Waals surface area contributed by atoms with Crippen LogP contribution < -0.4 is 15.2 Å². The number of nitrogens with zero attached hydrogens (tertiary/aromatic N) is 4. The number of anilines is 1. The highest BCUT2D eigenvalue weighted by atomic mass is 32.1. The highest BCUT2D eigenvalue weighted by Gasteiger charge is 2.56. The number of carbonyl (C=O) groups excluding carboxylic acids is 4. The summed E-state index contributed by atoms with van der Waals surface area (Å²) in [7, 11) is 1.27. The van der Waals surface area contributed by atoms with Gasteiger partial charge in [0.25, 0.3) is 11.8 Å². The van der Waals surface area contributed by atoms with Crippen molar-refractivity contribution in [2.45, 2.75) is 50.6 Å². The van der Waals surface area contributed by atoms with Crippen LogP contribution in [0, 0.1) is 0 Å². The molecule has 2 atom stereocenters. The van der Waals surface area contributed by atoms with Crippen molar-refractivity contribution in [1.82, 2.24) is 15.2 Å². The minimum absolute atomic E-state index is 0.00660. The molecule has 14 heteroatoms. The number of aryl methyl sites for hydroxylation is 1. The second kappa shape index (κ2) is 13.6. The molecule has 1 saturated heterocycles. The summed E-state index contributed by atoms with van der Waals surface area (Å²) in [6.07, 6.45) is 9.06. The Morgan fingerprint density at radius 3 is 2.73 bits per heavy atom. The predicted molar refractivity (Wildman–Crippen MR) is 160 cm³/mol. The maximum atomic E-state index is 13.6. The molecule has 2 aromatic rings. The smallest absolute Gasteiger partial charge is 0.413 e. The van der Waals surface area contributed by atoms with Crippen LogP contribution in [0.5, 0.6) is 0 Å². The van der Waals surface area contributed by atoms with Gasteiger partial charge in [0.1, 0.15) is 32.1 Å². The third kappa shape index (κ3) is 6.11. The molecule has 1 fully saturated rings. The maximum Gasteiger partial charge on any atom is 0.413 e. The third-order valence-corrected chi connectivity index (χ3v) is 8.26. The Morgan fingerprint density at radius 2 is 1.95 bits per heavy atom. The molecule has 2 N–H and O–H groups in total. The van der Waals surface area contributed by atoms with Gasteiger partial charge in [0.2, 0.25) is 5.70 Å². The topological polar surface area (TPSA) is 152 Å². The molecule has 1 unspecified atom stereocenters. The molecule has 4 heterocycles. The number of fused-ring (bicyclic) bond motifs is 2. The highest BCUT2D eigenvalue weighted by molar-refractivity contribution is 7.14. The van der Waals surface area contributed by atoms with Gasteiger partial charge in [-0.1, -0.05) is 30.5 Å². The number of nitrogens with one attached hydrogen (secondary N) is 2. The molecule has 230 valence electrons. The van der Waals surface area contributed by atoms with E-state index in [1.54, 1.807) is 0 Å². The van der Waals surface area contributed by atoms with Crippen molar-refractivity contribution in [3.8, 4) is 0 Å². The number of thiazole rings is 1. The number of esters is 1. The zero-order valence-electron chi connectivity index (χ0n) is 24.2. The number of hydrogen-bond acceptors (Lipinski definition) is 10. The number of oxime groups is 1. The summed E-state index contributed by atoms with van der Waals surface area (Å²) in [4.78, 5) is 62.7. The molecule has 0 spiro atoms. The molecule has 44 heavy (non-hydrogen) atoms. The molecule has 2 aromatic heterocycles. The van der Waals surface area contributed by atoms with E-state index in [4.69, 9.17) is 14.3 Å². The van der Waals surface area contributed by atoms with Gasteiger partial charge < -0.3 is 19.6 Å². The van der Waals surface area contributed by atoms with E-state index in [-0.39, 0.29) is 35.4 Å². The van der Waals surface area contributed by atoms with Crippen molar-refractivity contribution >= 4 is 51.8 Å². The molecule has 2 aliphatic heterocycles. The first-order valence-electron chi connectivity index (χ1n) is 14.2. The molecule has 13 nitrogen and oxygen atoms in total. The highest BCUT2D eigenvalue weighted by Crippen LogP contribution is 2.38. The molecule has 0 aromatic carbocycles. The van der Waals surface area contributed by atoms with Gasteiger partial charge in [-0.15, -0.1) is 11.3 Å². The van der Waals surface area contributed by atoms with Gasteiger partial charge in [-0.2, -0.15) is 4.57 Å². The first-order valence-corrected chi connectivity index (χ1v) is 15.1. The molecular formula is C30H33N6O7S+. The SMILES string of the molecule is C=CCOC(=O)Nc1nc(/C(=N/OC)C(=O)N[C@H]2C(=O)N3C(C(=O)OCC=C)=C([n+]4cccc5c4CCCC5)CCC23)cs1. The second-order valence-corrected chi connectivity index (χ2v) is 11.0. The van der Waals surface area contributed by atoms with Crippen LogP contribution in [0.1, 0.15) is 42.6 Å². The fourth-order valence-corrected chi connectivity index (χ4v) is 6.31. The number of β-lactam (4-membered cyclic amide) rings is 1. The summed E-state index contributed by atoms with van der Waals surface area (Å²) in [5.41, 5.74) is 3.17. The molecule has 0 saturated carbocycles. The van der Waals surface area contributed by atoms with Gasteiger partial charge >= 0.3 is 12.1 Å². The molecule has 1 aliphatic carbocycles. The fraction of sp³-hybridized carbons (Fsp3) is 0.367. The minimum Gasteiger partial charge on any atom is -0.457 e. The average molecular weight is 622 g/mol. The first kappa shape index (κ1) is 30.6.